The fourth-order valence-electron chi connectivity index (χ4n) is 5.56. The lowest BCUT2D eigenvalue weighted by atomic mass is 9.99. The Hall–Kier alpha value is -5.32. The van der Waals surface area contributed by atoms with Gasteiger partial charge in [0.25, 0.3) is 0 Å². The zero-order valence-corrected chi connectivity index (χ0v) is 24.6. The molecule has 3 aromatic carbocycles. The lowest BCUT2D eigenvalue weighted by Gasteiger charge is -2.28. The number of anilines is 2. The zero-order valence-electron chi connectivity index (χ0n) is 23.8. The van der Waals surface area contributed by atoms with E-state index in [2.05, 4.69) is 122 Å². The molecule has 4 heterocycles. The highest BCUT2D eigenvalue weighted by Gasteiger charge is 2.24. The Morgan fingerprint density at radius 3 is 2.19 bits per heavy atom. The van der Waals surface area contributed by atoms with Gasteiger partial charge >= 0.3 is 0 Å². The largest absolute Gasteiger partial charge is 0.278 e. The van der Waals surface area contributed by atoms with Crippen LogP contribution < -0.4 is 14.7 Å². The van der Waals surface area contributed by atoms with Crippen molar-refractivity contribution in [3.8, 4) is 22.5 Å². The van der Waals surface area contributed by atoms with Crippen LogP contribution in [0, 0.1) is 0 Å². The van der Waals surface area contributed by atoms with Gasteiger partial charge in [0, 0.05) is 31.3 Å². The van der Waals surface area contributed by atoms with Crippen molar-refractivity contribution in [3.05, 3.63) is 159 Å². The van der Waals surface area contributed by atoms with Crippen molar-refractivity contribution >= 4 is 53.4 Å². The fraction of sp³-hybridized carbons (Fsp3) is 0.0256. The molecule has 0 amide bonds. The highest BCUT2D eigenvalue weighted by atomic mass is 32.1. The smallest absolute Gasteiger partial charge is 0.235 e. The number of rotatable bonds is 5. The molecule has 0 saturated heterocycles. The average Bonchev–Trinajstić information content (AvgIpc) is 3.35. The maximum Gasteiger partial charge on any atom is 0.235 e. The first-order valence-electron chi connectivity index (χ1n) is 14.3. The van der Waals surface area contributed by atoms with Gasteiger partial charge in [0.1, 0.15) is 0 Å². The number of nitrogens with zero attached hydrogens (tertiary/aromatic N) is 3. The van der Waals surface area contributed by atoms with E-state index in [9.17, 15) is 0 Å². The van der Waals surface area contributed by atoms with E-state index >= 15 is 0 Å². The molecule has 4 heteroatoms. The molecule has 7 rings (SSSR count). The van der Waals surface area contributed by atoms with Gasteiger partial charge in [-0.25, -0.2) is 9.97 Å². The number of fused-ring (bicyclic) bond motifs is 2. The van der Waals surface area contributed by atoms with Gasteiger partial charge < -0.3 is 0 Å². The first-order valence-corrected chi connectivity index (χ1v) is 15.1. The van der Waals surface area contributed by atoms with E-state index in [1.54, 1.807) is 11.3 Å². The summed E-state index contributed by atoms with van der Waals surface area (Å²) < 4.78 is 1.17. The van der Waals surface area contributed by atoms with Crippen molar-refractivity contribution < 1.29 is 0 Å². The molecule has 0 saturated carbocycles. The van der Waals surface area contributed by atoms with Crippen LogP contribution >= 0.6 is 11.3 Å². The Labute approximate surface area is 255 Å². The van der Waals surface area contributed by atoms with Gasteiger partial charge in [-0.15, -0.1) is 11.3 Å². The predicted octanol–water partition coefficient (Wildman–Crippen LogP) is 8.78. The summed E-state index contributed by atoms with van der Waals surface area (Å²) >= 11 is 1.75. The van der Waals surface area contributed by atoms with Crippen LogP contribution in [-0.2, 0) is 0 Å². The normalized spacial score (nSPS) is 17.8. The van der Waals surface area contributed by atoms with Crippen molar-refractivity contribution in [2.45, 2.75) is 6.92 Å². The minimum Gasteiger partial charge on any atom is -0.278 e. The molecule has 43 heavy (non-hydrogen) atoms. The number of hydrogen-bond donors (Lipinski definition) is 0. The summed E-state index contributed by atoms with van der Waals surface area (Å²) in [5, 5.41) is 1.19. The number of hydrogen-bond acceptors (Lipinski definition) is 4. The van der Waals surface area contributed by atoms with Gasteiger partial charge in [0.15, 0.2) is 0 Å². The molecule has 2 aliphatic rings. The standard InChI is InChI=1S/C39H29N3S/c1-3-15-31-33-25-32-27-16-8-7-13-22-30(24-38(33)43-37(31)4-2)42(36(32)23-14-21-27)39-40-34(28-17-9-5-10-18-28)26-35(41-39)29-19-11-6-12-20-29/h3-26H,2H2,1H3/b8-7?,13-7+,15-3-,16-8-,22-13?,27-16?,30-22-,30-24?,32-25?,33-25-,38-24+. The van der Waals surface area contributed by atoms with Gasteiger partial charge in [-0.3, -0.25) is 4.90 Å². The predicted molar refractivity (Wildman–Crippen MR) is 184 cm³/mol. The van der Waals surface area contributed by atoms with E-state index in [0.29, 0.717) is 5.95 Å². The molecule has 2 aliphatic heterocycles. The quantitative estimate of drug-likeness (QED) is 0.211. The van der Waals surface area contributed by atoms with Gasteiger partial charge in [-0.1, -0.05) is 122 Å². The van der Waals surface area contributed by atoms with Crippen molar-refractivity contribution in [2.75, 3.05) is 4.90 Å². The van der Waals surface area contributed by atoms with Gasteiger partial charge in [-0.2, -0.15) is 0 Å². The first kappa shape index (κ1) is 26.6. The summed E-state index contributed by atoms with van der Waals surface area (Å²) in [6.07, 6.45) is 21.4. The maximum atomic E-state index is 5.23. The van der Waals surface area contributed by atoms with Crippen LogP contribution in [0.25, 0.3) is 52.9 Å². The van der Waals surface area contributed by atoms with E-state index in [1.165, 1.54) is 15.3 Å². The molecule has 2 aromatic heterocycles. The van der Waals surface area contributed by atoms with Crippen LogP contribution in [0.15, 0.2) is 128 Å². The Kier molecular flexibility index (Phi) is 7.12. The van der Waals surface area contributed by atoms with Crippen LogP contribution in [0.3, 0.4) is 0 Å². The van der Waals surface area contributed by atoms with Crippen molar-refractivity contribution in [1.82, 2.24) is 9.97 Å². The molecule has 0 unspecified atom stereocenters. The Morgan fingerprint density at radius 2 is 1.51 bits per heavy atom. The van der Waals surface area contributed by atoms with Crippen molar-refractivity contribution in [1.29, 1.82) is 0 Å². The molecule has 206 valence electrons. The third-order valence-electron chi connectivity index (χ3n) is 7.56. The molecule has 0 fully saturated rings. The molecule has 0 atom stereocenters. The van der Waals surface area contributed by atoms with E-state index < -0.39 is 0 Å². The lowest BCUT2D eigenvalue weighted by Crippen LogP contribution is -2.28. The second kappa shape index (κ2) is 11.5. The SMILES string of the molecule is C=Cc1sc2\c(c1/C=C\C)=C/c1c3cccc1N(c1nc(-c4ccccc4)cc(-c4ccccc4)n1)C(=C\C=C\C=C/3)/C=2. The molecule has 0 aliphatic carbocycles. The summed E-state index contributed by atoms with van der Waals surface area (Å²) in [7, 11) is 0. The van der Waals surface area contributed by atoms with E-state index in [1.807, 2.05) is 42.5 Å². The van der Waals surface area contributed by atoms with Gasteiger partial charge in [0.2, 0.25) is 5.95 Å². The highest BCUT2D eigenvalue weighted by Crippen LogP contribution is 2.37. The van der Waals surface area contributed by atoms with Crippen molar-refractivity contribution in [3.63, 3.8) is 0 Å². The Bertz CT molecular complexity index is 2040. The van der Waals surface area contributed by atoms with Crippen LogP contribution in [0.4, 0.5) is 11.6 Å². The summed E-state index contributed by atoms with van der Waals surface area (Å²) in [5.74, 6) is 0.616. The molecule has 0 N–H and O–H groups in total. The molecule has 3 nitrogen and oxygen atoms in total. The third-order valence-corrected chi connectivity index (χ3v) is 8.73. The second-order valence-electron chi connectivity index (χ2n) is 10.3. The molecule has 5 aromatic rings. The van der Waals surface area contributed by atoms with E-state index in [0.717, 1.165) is 49.9 Å². The summed E-state index contributed by atoms with van der Waals surface area (Å²) in [6, 6.07) is 29.2. The Morgan fingerprint density at radius 1 is 0.791 bits per heavy atom. The lowest BCUT2D eigenvalue weighted by molar-refractivity contribution is 1.06. The number of thiophene rings is 1. The topological polar surface area (TPSA) is 29.0 Å². The highest BCUT2D eigenvalue weighted by molar-refractivity contribution is 7.11. The van der Waals surface area contributed by atoms with Crippen LogP contribution in [0.5, 0.6) is 0 Å². The van der Waals surface area contributed by atoms with E-state index in [4.69, 9.17) is 9.97 Å². The fourth-order valence-corrected chi connectivity index (χ4v) is 6.63. The number of allylic oxidation sites excluding steroid dienone is 6. The number of benzene rings is 3. The molecular weight excluding hydrogens is 543 g/mol. The molecule has 0 radical (unpaired) electrons. The van der Waals surface area contributed by atoms with Crippen LogP contribution in [-0.4, -0.2) is 9.97 Å². The van der Waals surface area contributed by atoms with Crippen LogP contribution in [0.1, 0.15) is 28.5 Å². The zero-order chi connectivity index (χ0) is 29.2. The average molecular weight is 572 g/mol. The summed E-state index contributed by atoms with van der Waals surface area (Å²) in [4.78, 5) is 13.8. The molecule has 0 spiro atoms. The monoisotopic (exact) mass is 571 g/mol. The summed E-state index contributed by atoms with van der Waals surface area (Å²) in [6.45, 7) is 6.19. The van der Waals surface area contributed by atoms with Gasteiger partial charge in [0.05, 0.1) is 22.8 Å². The first-order chi connectivity index (χ1) is 21.2. The second-order valence-corrected chi connectivity index (χ2v) is 11.4. The third kappa shape index (κ3) is 5.03. The maximum absolute atomic E-state index is 5.23. The molecule has 4 bridgehead atoms. The summed E-state index contributed by atoms with van der Waals surface area (Å²) in [5.41, 5.74) is 9.26. The van der Waals surface area contributed by atoms with Crippen LogP contribution in [0.2, 0.25) is 0 Å². The van der Waals surface area contributed by atoms with Gasteiger partial charge in [-0.05, 0) is 48.4 Å². The minimum atomic E-state index is 0.616. The van der Waals surface area contributed by atoms with Crippen molar-refractivity contribution in [2.24, 2.45) is 0 Å². The molecular formula is C39H29N3S. The Balaban J connectivity index is 1.58. The minimum absolute atomic E-state index is 0.616. The number of aromatic nitrogens is 2. The van der Waals surface area contributed by atoms with E-state index in [-0.39, 0.29) is 0 Å².